The summed E-state index contributed by atoms with van der Waals surface area (Å²) < 4.78 is 11.4. The lowest BCUT2D eigenvalue weighted by molar-refractivity contribution is 0.267. The van der Waals surface area contributed by atoms with Crippen molar-refractivity contribution in [2.75, 3.05) is 0 Å². The summed E-state index contributed by atoms with van der Waals surface area (Å²) in [7, 11) is 0. The van der Waals surface area contributed by atoms with Crippen LogP contribution in [0.1, 0.15) is 29.9 Å². The highest BCUT2D eigenvalue weighted by Gasteiger charge is 2.21. The maximum absolute atomic E-state index is 5.94. The molecular weight excluding hydrogens is 309 g/mol. The van der Waals surface area contributed by atoms with Crippen molar-refractivity contribution in [3.8, 4) is 5.75 Å². The molecule has 1 aromatic carbocycles. The minimum Gasteiger partial charge on any atom is -0.486 e. The molecular formula is C16H17Cl2NO2. The smallest absolute Gasteiger partial charge is 0.146 e. The van der Waals surface area contributed by atoms with Crippen LogP contribution in [-0.2, 0) is 13.2 Å². The molecule has 1 heterocycles. The zero-order chi connectivity index (χ0) is 14.8. The Balaban J connectivity index is 1.60. The first kappa shape index (κ1) is 14.8. The molecule has 1 aromatic heterocycles. The van der Waals surface area contributed by atoms with E-state index in [0.29, 0.717) is 28.4 Å². The number of ether oxygens (including phenoxy) is 1. The topological polar surface area (TPSA) is 34.4 Å². The summed E-state index contributed by atoms with van der Waals surface area (Å²) >= 11 is 11.9. The van der Waals surface area contributed by atoms with E-state index in [4.69, 9.17) is 32.4 Å². The summed E-state index contributed by atoms with van der Waals surface area (Å²) in [6, 6.07) is 7.87. The zero-order valence-electron chi connectivity index (χ0n) is 11.8. The normalized spacial score (nSPS) is 14.4. The quantitative estimate of drug-likeness (QED) is 0.834. The number of rotatable bonds is 6. The monoisotopic (exact) mass is 325 g/mol. The molecule has 1 saturated carbocycles. The number of halogens is 2. The lowest BCUT2D eigenvalue weighted by Crippen LogP contribution is -2.15. The maximum atomic E-state index is 5.94. The van der Waals surface area contributed by atoms with Crippen LogP contribution in [-0.4, -0.2) is 6.04 Å². The molecule has 0 atom stereocenters. The fourth-order valence-electron chi connectivity index (χ4n) is 2.14. The standard InChI is InChI=1S/C16H17Cl2NO2/c1-10-11(8-19-14-2-3-14)4-16(21-10)9-20-15-6-12(17)5-13(18)7-15/h4-7,14,19H,2-3,8-9H2,1H3. The van der Waals surface area contributed by atoms with Crippen molar-refractivity contribution in [1.29, 1.82) is 0 Å². The van der Waals surface area contributed by atoms with Gasteiger partial charge < -0.3 is 14.5 Å². The van der Waals surface area contributed by atoms with Gasteiger partial charge in [-0.05, 0) is 44.0 Å². The molecule has 1 fully saturated rings. The molecule has 21 heavy (non-hydrogen) atoms. The summed E-state index contributed by atoms with van der Waals surface area (Å²) in [4.78, 5) is 0. The Morgan fingerprint density at radius 2 is 1.90 bits per heavy atom. The summed E-state index contributed by atoms with van der Waals surface area (Å²) in [6.07, 6.45) is 2.56. The van der Waals surface area contributed by atoms with Crippen LogP contribution >= 0.6 is 23.2 Å². The number of furan rings is 1. The Kier molecular flexibility index (Phi) is 4.43. The first-order valence-electron chi connectivity index (χ1n) is 7.00. The van der Waals surface area contributed by atoms with Gasteiger partial charge in [-0.2, -0.15) is 0 Å². The Morgan fingerprint density at radius 3 is 2.57 bits per heavy atom. The fourth-order valence-corrected chi connectivity index (χ4v) is 2.65. The van der Waals surface area contributed by atoms with E-state index in [1.807, 2.05) is 13.0 Å². The molecule has 0 aliphatic heterocycles. The molecule has 5 heteroatoms. The molecule has 0 unspecified atom stereocenters. The third kappa shape index (κ3) is 4.16. The highest BCUT2D eigenvalue weighted by Crippen LogP contribution is 2.26. The van der Waals surface area contributed by atoms with Gasteiger partial charge in [0.15, 0.2) is 0 Å². The summed E-state index contributed by atoms with van der Waals surface area (Å²) in [5.41, 5.74) is 1.18. The third-order valence-corrected chi connectivity index (χ3v) is 3.88. The number of benzene rings is 1. The highest BCUT2D eigenvalue weighted by molar-refractivity contribution is 6.34. The van der Waals surface area contributed by atoms with E-state index >= 15 is 0 Å². The average molecular weight is 326 g/mol. The van der Waals surface area contributed by atoms with Gasteiger partial charge in [0.25, 0.3) is 0 Å². The first-order valence-corrected chi connectivity index (χ1v) is 7.76. The van der Waals surface area contributed by atoms with Crippen molar-refractivity contribution in [2.45, 2.75) is 39.0 Å². The Hall–Kier alpha value is -1.16. The van der Waals surface area contributed by atoms with E-state index in [2.05, 4.69) is 5.32 Å². The van der Waals surface area contributed by atoms with Gasteiger partial charge in [0.2, 0.25) is 0 Å². The zero-order valence-corrected chi connectivity index (χ0v) is 13.3. The maximum Gasteiger partial charge on any atom is 0.146 e. The molecule has 0 amide bonds. The van der Waals surface area contributed by atoms with E-state index < -0.39 is 0 Å². The van der Waals surface area contributed by atoms with Crippen LogP contribution < -0.4 is 10.1 Å². The second-order valence-electron chi connectivity index (χ2n) is 5.34. The fraction of sp³-hybridized carbons (Fsp3) is 0.375. The van der Waals surface area contributed by atoms with Gasteiger partial charge in [0, 0.05) is 28.2 Å². The van der Waals surface area contributed by atoms with Crippen LogP contribution in [0.15, 0.2) is 28.7 Å². The van der Waals surface area contributed by atoms with Crippen molar-refractivity contribution in [1.82, 2.24) is 5.32 Å². The second kappa shape index (κ2) is 6.30. The van der Waals surface area contributed by atoms with Gasteiger partial charge in [-0.1, -0.05) is 23.2 Å². The summed E-state index contributed by atoms with van der Waals surface area (Å²) in [5.74, 6) is 2.38. The van der Waals surface area contributed by atoms with E-state index in [9.17, 15) is 0 Å². The molecule has 0 spiro atoms. The highest BCUT2D eigenvalue weighted by atomic mass is 35.5. The predicted octanol–water partition coefficient (Wildman–Crippen LogP) is 4.73. The van der Waals surface area contributed by atoms with E-state index in [0.717, 1.165) is 18.1 Å². The minimum atomic E-state index is 0.362. The average Bonchev–Trinajstić information content (AvgIpc) is 3.17. The molecule has 0 saturated heterocycles. The van der Waals surface area contributed by atoms with Gasteiger partial charge in [0.1, 0.15) is 23.9 Å². The second-order valence-corrected chi connectivity index (χ2v) is 6.22. The molecule has 0 radical (unpaired) electrons. The molecule has 0 bridgehead atoms. The molecule has 3 nitrogen and oxygen atoms in total. The number of aryl methyl sites for hydroxylation is 1. The van der Waals surface area contributed by atoms with E-state index in [-0.39, 0.29) is 0 Å². The van der Waals surface area contributed by atoms with Crippen LogP contribution in [0.2, 0.25) is 10.0 Å². The molecule has 112 valence electrons. The molecule has 1 aliphatic carbocycles. The first-order chi connectivity index (χ1) is 10.1. The Labute approximate surface area is 134 Å². The van der Waals surface area contributed by atoms with Crippen LogP contribution in [0.25, 0.3) is 0 Å². The van der Waals surface area contributed by atoms with Crippen LogP contribution in [0, 0.1) is 6.92 Å². The number of hydrogen-bond donors (Lipinski definition) is 1. The van der Waals surface area contributed by atoms with E-state index in [1.165, 1.54) is 18.4 Å². The summed E-state index contributed by atoms with van der Waals surface area (Å²) in [5, 5.41) is 4.60. The lowest BCUT2D eigenvalue weighted by Gasteiger charge is -2.05. The summed E-state index contributed by atoms with van der Waals surface area (Å²) in [6.45, 7) is 3.19. The van der Waals surface area contributed by atoms with Crippen molar-refractivity contribution in [3.05, 3.63) is 51.4 Å². The molecule has 3 rings (SSSR count). The number of hydrogen-bond acceptors (Lipinski definition) is 3. The van der Waals surface area contributed by atoms with Gasteiger partial charge in [-0.15, -0.1) is 0 Å². The van der Waals surface area contributed by atoms with Crippen molar-refractivity contribution in [2.24, 2.45) is 0 Å². The van der Waals surface area contributed by atoms with Crippen LogP contribution in [0.4, 0.5) is 0 Å². The third-order valence-electron chi connectivity index (χ3n) is 3.45. The predicted molar refractivity (Wildman–Crippen MR) is 84.1 cm³/mol. The molecule has 2 aromatic rings. The van der Waals surface area contributed by atoms with Gasteiger partial charge in [-0.3, -0.25) is 0 Å². The molecule has 1 N–H and O–H groups in total. The van der Waals surface area contributed by atoms with Crippen molar-refractivity contribution < 1.29 is 9.15 Å². The van der Waals surface area contributed by atoms with Crippen LogP contribution in [0.3, 0.4) is 0 Å². The number of nitrogens with one attached hydrogen (secondary N) is 1. The van der Waals surface area contributed by atoms with Gasteiger partial charge in [0.05, 0.1) is 0 Å². The Bertz CT molecular complexity index is 615. The lowest BCUT2D eigenvalue weighted by atomic mass is 10.2. The van der Waals surface area contributed by atoms with Gasteiger partial charge in [-0.25, -0.2) is 0 Å². The van der Waals surface area contributed by atoms with Crippen molar-refractivity contribution in [3.63, 3.8) is 0 Å². The van der Waals surface area contributed by atoms with Crippen LogP contribution in [0.5, 0.6) is 5.75 Å². The van der Waals surface area contributed by atoms with Crippen molar-refractivity contribution >= 4 is 23.2 Å². The Morgan fingerprint density at radius 1 is 1.19 bits per heavy atom. The van der Waals surface area contributed by atoms with Gasteiger partial charge >= 0.3 is 0 Å². The minimum absolute atomic E-state index is 0.362. The van der Waals surface area contributed by atoms with E-state index in [1.54, 1.807) is 18.2 Å². The largest absolute Gasteiger partial charge is 0.486 e. The SMILES string of the molecule is Cc1oc(COc2cc(Cl)cc(Cl)c2)cc1CNC1CC1. The molecule has 1 aliphatic rings.